The smallest absolute Gasteiger partial charge is 0.221 e. The lowest BCUT2D eigenvalue weighted by molar-refractivity contribution is -0.122. The lowest BCUT2D eigenvalue weighted by Gasteiger charge is -2.10. The van der Waals surface area contributed by atoms with Crippen molar-refractivity contribution in [3.63, 3.8) is 0 Å². The van der Waals surface area contributed by atoms with Crippen LogP contribution in [0.25, 0.3) is 0 Å². The van der Waals surface area contributed by atoms with Gasteiger partial charge in [0.15, 0.2) is 0 Å². The molecule has 0 radical (unpaired) electrons. The van der Waals surface area contributed by atoms with Gasteiger partial charge in [-0.3, -0.25) is 9.59 Å². The average Bonchev–Trinajstić information content (AvgIpc) is 2.87. The van der Waals surface area contributed by atoms with Crippen molar-refractivity contribution >= 4 is 11.8 Å². The molecule has 18 heavy (non-hydrogen) atoms. The summed E-state index contributed by atoms with van der Waals surface area (Å²) in [5.41, 5.74) is 0. The lowest BCUT2D eigenvalue weighted by atomic mass is 10.1. The maximum absolute atomic E-state index is 11.5. The summed E-state index contributed by atoms with van der Waals surface area (Å²) in [4.78, 5) is 22.8. The number of amides is 2. The first-order valence-corrected chi connectivity index (χ1v) is 6.99. The highest BCUT2D eigenvalue weighted by atomic mass is 16.2. The first-order chi connectivity index (χ1) is 8.72. The van der Waals surface area contributed by atoms with E-state index in [1.807, 2.05) is 6.92 Å². The van der Waals surface area contributed by atoms with Crippen LogP contribution in [0.1, 0.15) is 45.4 Å². The van der Waals surface area contributed by atoms with E-state index in [4.69, 9.17) is 0 Å². The largest absolute Gasteiger partial charge is 0.356 e. The van der Waals surface area contributed by atoms with Gasteiger partial charge in [0.1, 0.15) is 0 Å². The van der Waals surface area contributed by atoms with Gasteiger partial charge in [0.25, 0.3) is 0 Å². The summed E-state index contributed by atoms with van der Waals surface area (Å²) in [7, 11) is 0. The van der Waals surface area contributed by atoms with E-state index in [-0.39, 0.29) is 11.8 Å². The molecule has 0 saturated carbocycles. The fourth-order valence-electron chi connectivity index (χ4n) is 2.07. The molecule has 0 aromatic heterocycles. The molecule has 0 bridgehead atoms. The highest BCUT2D eigenvalue weighted by Crippen LogP contribution is 2.10. The molecule has 1 aliphatic heterocycles. The highest BCUT2D eigenvalue weighted by Gasteiger charge is 2.15. The van der Waals surface area contributed by atoms with Crippen LogP contribution >= 0.6 is 0 Å². The molecule has 5 nitrogen and oxygen atoms in total. The zero-order valence-corrected chi connectivity index (χ0v) is 11.3. The van der Waals surface area contributed by atoms with Gasteiger partial charge in [-0.1, -0.05) is 6.92 Å². The second-order valence-corrected chi connectivity index (χ2v) is 4.78. The molecule has 1 saturated heterocycles. The van der Waals surface area contributed by atoms with Crippen molar-refractivity contribution < 1.29 is 9.59 Å². The number of rotatable bonds is 8. The van der Waals surface area contributed by atoms with Crippen molar-refractivity contribution in [3.8, 4) is 0 Å². The van der Waals surface area contributed by atoms with Crippen LogP contribution in [0.2, 0.25) is 0 Å². The number of hydrogen-bond acceptors (Lipinski definition) is 3. The van der Waals surface area contributed by atoms with Gasteiger partial charge in [-0.15, -0.1) is 0 Å². The number of carbonyl (C=O) groups is 2. The Hall–Kier alpha value is -1.10. The third kappa shape index (κ3) is 6.59. The summed E-state index contributed by atoms with van der Waals surface area (Å²) in [5.74, 6) is 0.0570. The zero-order chi connectivity index (χ0) is 13.2. The SMILES string of the molecule is CCCNC(=O)CCNC(=O)CCC1CCCN1. The summed E-state index contributed by atoms with van der Waals surface area (Å²) in [6, 6.07) is 0.503. The molecular weight excluding hydrogens is 230 g/mol. The second kappa shape index (κ2) is 8.91. The van der Waals surface area contributed by atoms with E-state index in [2.05, 4.69) is 16.0 Å². The summed E-state index contributed by atoms with van der Waals surface area (Å²) in [5, 5.41) is 8.93. The zero-order valence-electron chi connectivity index (χ0n) is 11.3. The van der Waals surface area contributed by atoms with Crippen LogP contribution in [-0.2, 0) is 9.59 Å². The van der Waals surface area contributed by atoms with E-state index in [9.17, 15) is 9.59 Å². The Morgan fingerprint density at radius 2 is 1.89 bits per heavy atom. The van der Waals surface area contributed by atoms with Crippen molar-refractivity contribution in [2.75, 3.05) is 19.6 Å². The predicted molar refractivity (Wildman–Crippen MR) is 71.2 cm³/mol. The summed E-state index contributed by atoms with van der Waals surface area (Å²) >= 11 is 0. The molecule has 2 amide bonds. The van der Waals surface area contributed by atoms with E-state index in [0.29, 0.717) is 32.0 Å². The highest BCUT2D eigenvalue weighted by molar-refractivity contribution is 5.78. The van der Waals surface area contributed by atoms with Gasteiger partial charge in [-0.2, -0.15) is 0 Å². The van der Waals surface area contributed by atoms with Crippen molar-refractivity contribution in [2.45, 2.75) is 51.5 Å². The van der Waals surface area contributed by atoms with E-state index in [1.165, 1.54) is 12.8 Å². The standard InChI is InChI=1S/C13H25N3O2/c1-2-8-15-13(18)7-10-16-12(17)6-5-11-4-3-9-14-11/h11,14H,2-10H2,1H3,(H,15,18)(H,16,17). The van der Waals surface area contributed by atoms with Crippen LogP contribution < -0.4 is 16.0 Å². The Labute approximate surface area is 109 Å². The monoisotopic (exact) mass is 255 g/mol. The quantitative estimate of drug-likeness (QED) is 0.593. The normalized spacial score (nSPS) is 18.6. The molecule has 0 aromatic rings. The molecule has 1 aliphatic rings. The van der Waals surface area contributed by atoms with Gasteiger partial charge < -0.3 is 16.0 Å². The number of carbonyl (C=O) groups excluding carboxylic acids is 2. The summed E-state index contributed by atoms with van der Waals surface area (Å²) < 4.78 is 0. The van der Waals surface area contributed by atoms with Gasteiger partial charge in [-0.05, 0) is 32.2 Å². The molecule has 1 unspecified atom stereocenters. The minimum absolute atomic E-state index is 0.00890. The third-order valence-electron chi connectivity index (χ3n) is 3.13. The molecule has 1 rings (SSSR count). The van der Waals surface area contributed by atoms with E-state index < -0.39 is 0 Å². The Bertz CT molecular complexity index is 263. The summed E-state index contributed by atoms with van der Waals surface area (Å²) in [6.45, 7) is 4.23. The van der Waals surface area contributed by atoms with Crippen LogP contribution in [0.5, 0.6) is 0 Å². The maximum atomic E-state index is 11.5. The van der Waals surface area contributed by atoms with Crippen molar-refractivity contribution in [3.05, 3.63) is 0 Å². The van der Waals surface area contributed by atoms with Crippen LogP contribution in [-0.4, -0.2) is 37.5 Å². The van der Waals surface area contributed by atoms with Gasteiger partial charge in [0.05, 0.1) is 0 Å². The Morgan fingerprint density at radius 3 is 2.56 bits per heavy atom. The predicted octanol–water partition coefficient (Wildman–Crippen LogP) is 0.551. The van der Waals surface area contributed by atoms with E-state index in [0.717, 1.165) is 19.4 Å². The van der Waals surface area contributed by atoms with Gasteiger partial charge in [0.2, 0.25) is 11.8 Å². The van der Waals surface area contributed by atoms with E-state index >= 15 is 0 Å². The molecule has 1 atom stereocenters. The molecule has 5 heteroatoms. The first kappa shape index (κ1) is 15.0. The van der Waals surface area contributed by atoms with Crippen LogP contribution in [0.15, 0.2) is 0 Å². The van der Waals surface area contributed by atoms with Crippen molar-refractivity contribution in [1.29, 1.82) is 0 Å². The van der Waals surface area contributed by atoms with Gasteiger partial charge in [0, 0.05) is 32.0 Å². The first-order valence-electron chi connectivity index (χ1n) is 6.99. The van der Waals surface area contributed by atoms with Crippen LogP contribution in [0.4, 0.5) is 0 Å². The minimum Gasteiger partial charge on any atom is -0.356 e. The third-order valence-corrected chi connectivity index (χ3v) is 3.13. The Morgan fingerprint density at radius 1 is 1.17 bits per heavy atom. The van der Waals surface area contributed by atoms with Crippen LogP contribution in [0, 0.1) is 0 Å². The average molecular weight is 255 g/mol. The number of hydrogen-bond donors (Lipinski definition) is 3. The minimum atomic E-state index is 0.00890. The number of nitrogens with one attached hydrogen (secondary N) is 3. The fraction of sp³-hybridized carbons (Fsp3) is 0.846. The van der Waals surface area contributed by atoms with Crippen LogP contribution in [0.3, 0.4) is 0 Å². The van der Waals surface area contributed by atoms with Gasteiger partial charge in [-0.25, -0.2) is 0 Å². The second-order valence-electron chi connectivity index (χ2n) is 4.78. The van der Waals surface area contributed by atoms with Crippen molar-refractivity contribution in [1.82, 2.24) is 16.0 Å². The van der Waals surface area contributed by atoms with E-state index in [1.54, 1.807) is 0 Å². The Kier molecular flexibility index (Phi) is 7.41. The van der Waals surface area contributed by atoms with Crippen molar-refractivity contribution in [2.24, 2.45) is 0 Å². The molecule has 0 aromatic carbocycles. The molecule has 1 fully saturated rings. The van der Waals surface area contributed by atoms with Gasteiger partial charge >= 0.3 is 0 Å². The molecular formula is C13H25N3O2. The molecule has 3 N–H and O–H groups in total. The maximum Gasteiger partial charge on any atom is 0.221 e. The topological polar surface area (TPSA) is 70.2 Å². The molecule has 1 heterocycles. The fourth-order valence-corrected chi connectivity index (χ4v) is 2.07. The Balaban J connectivity index is 1.97. The molecule has 0 spiro atoms. The molecule has 0 aliphatic carbocycles. The molecule has 104 valence electrons. The summed E-state index contributed by atoms with van der Waals surface area (Å²) in [6.07, 6.45) is 5.14. The lowest BCUT2D eigenvalue weighted by Crippen LogP contribution is -2.32.